The number of aromatic nitrogens is 2. The van der Waals surface area contributed by atoms with Crippen LogP contribution in [0.1, 0.15) is 18.4 Å². The highest BCUT2D eigenvalue weighted by Gasteiger charge is 2.44. The lowest BCUT2D eigenvalue weighted by Crippen LogP contribution is -2.20. The molecule has 0 atom stereocenters. The van der Waals surface area contributed by atoms with Crippen LogP contribution < -0.4 is 5.32 Å². The van der Waals surface area contributed by atoms with Gasteiger partial charge in [-0.1, -0.05) is 30.3 Å². The van der Waals surface area contributed by atoms with E-state index in [-0.39, 0.29) is 5.54 Å². The lowest BCUT2D eigenvalue weighted by Gasteiger charge is -2.17. The summed E-state index contributed by atoms with van der Waals surface area (Å²) in [6.45, 7) is 0. The van der Waals surface area contributed by atoms with Gasteiger partial charge in [-0.05, 0) is 18.4 Å². The molecule has 17 heavy (non-hydrogen) atoms. The second-order valence-electron chi connectivity index (χ2n) is 4.34. The standard InChI is InChI=1S/C13H13N3S/c17-11-8-14-12(15-9-11)16-13(6-7-13)10-4-2-1-3-5-10/h1-5,8-9,17H,6-7H2,(H,14,15,16). The molecule has 1 heterocycles. The topological polar surface area (TPSA) is 37.8 Å². The van der Waals surface area contributed by atoms with Crippen LogP contribution in [0, 0.1) is 0 Å². The van der Waals surface area contributed by atoms with Crippen LogP contribution in [-0.2, 0) is 5.54 Å². The van der Waals surface area contributed by atoms with Gasteiger partial charge in [0, 0.05) is 17.3 Å². The average molecular weight is 243 g/mol. The predicted molar refractivity (Wildman–Crippen MR) is 70.3 cm³/mol. The van der Waals surface area contributed by atoms with Gasteiger partial charge in [0.2, 0.25) is 5.95 Å². The minimum absolute atomic E-state index is 0.0410. The molecular formula is C13H13N3S. The van der Waals surface area contributed by atoms with Crippen LogP contribution in [-0.4, -0.2) is 9.97 Å². The van der Waals surface area contributed by atoms with Gasteiger partial charge < -0.3 is 5.32 Å². The predicted octanol–water partition coefficient (Wildman–Crippen LogP) is 2.87. The molecule has 2 aromatic rings. The number of anilines is 1. The van der Waals surface area contributed by atoms with Crippen molar-refractivity contribution < 1.29 is 0 Å². The molecule has 1 saturated carbocycles. The third kappa shape index (κ3) is 2.13. The van der Waals surface area contributed by atoms with Crippen molar-refractivity contribution in [2.45, 2.75) is 23.3 Å². The fourth-order valence-corrected chi connectivity index (χ4v) is 2.08. The first-order valence-electron chi connectivity index (χ1n) is 5.63. The SMILES string of the molecule is Sc1cnc(NC2(c3ccccc3)CC2)nc1. The van der Waals surface area contributed by atoms with Crippen LogP contribution in [0.25, 0.3) is 0 Å². The number of nitrogens with one attached hydrogen (secondary N) is 1. The number of rotatable bonds is 3. The van der Waals surface area contributed by atoms with E-state index in [1.807, 2.05) is 6.07 Å². The van der Waals surface area contributed by atoms with Crippen LogP contribution in [0.2, 0.25) is 0 Å². The van der Waals surface area contributed by atoms with E-state index >= 15 is 0 Å². The summed E-state index contributed by atoms with van der Waals surface area (Å²) in [6.07, 6.45) is 5.67. The Hall–Kier alpha value is -1.55. The van der Waals surface area contributed by atoms with Crippen molar-refractivity contribution in [2.75, 3.05) is 5.32 Å². The molecular weight excluding hydrogens is 230 g/mol. The normalized spacial score (nSPS) is 16.5. The van der Waals surface area contributed by atoms with Crippen LogP contribution in [0.5, 0.6) is 0 Å². The second kappa shape index (κ2) is 4.04. The Kier molecular flexibility index (Phi) is 2.52. The first kappa shape index (κ1) is 10.6. The van der Waals surface area contributed by atoms with E-state index in [1.54, 1.807) is 12.4 Å². The molecule has 1 aliphatic carbocycles. The lowest BCUT2D eigenvalue weighted by atomic mass is 10.1. The molecule has 0 bridgehead atoms. The maximum Gasteiger partial charge on any atom is 0.223 e. The molecule has 1 N–H and O–H groups in total. The van der Waals surface area contributed by atoms with Crippen molar-refractivity contribution in [1.29, 1.82) is 0 Å². The summed E-state index contributed by atoms with van der Waals surface area (Å²) >= 11 is 4.18. The van der Waals surface area contributed by atoms with Crippen molar-refractivity contribution >= 4 is 18.6 Å². The van der Waals surface area contributed by atoms with Gasteiger partial charge >= 0.3 is 0 Å². The monoisotopic (exact) mass is 243 g/mol. The Bertz CT molecular complexity index is 506. The number of hydrogen-bond acceptors (Lipinski definition) is 4. The minimum Gasteiger partial charge on any atom is -0.345 e. The first-order valence-corrected chi connectivity index (χ1v) is 6.08. The fraction of sp³-hybridized carbons (Fsp3) is 0.231. The van der Waals surface area contributed by atoms with E-state index in [1.165, 1.54) is 5.56 Å². The minimum atomic E-state index is 0.0410. The maximum absolute atomic E-state index is 4.23. The number of thiol groups is 1. The summed E-state index contributed by atoms with van der Waals surface area (Å²) < 4.78 is 0. The highest BCUT2D eigenvalue weighted by atomic mass is 32.1. The molecule has 1 aliphatic rings. The van der Waals surface area contributed by atoms with Gasteiger partial charge in [0.25, 0.3) is 0 Å². The number of nitrogens with zero attached hydrogens (tertiary/aromatic N) is 2. The van der Waals surface area contributed by atoms with Gasteiger partial charge in [-0.15, -0.1) is 12.6 Å². The largest absolute Gasteiger partial charge is 0.345 e. The third-order valence-electron chi connectivity index (χ3n) is 3.07. The van der Waals surface area contributed by atoms with E-state index in [4.69, 9.17) is 0 Å². The summed E-state index contributed by atoms with van der Waals surface area (Å²) in [6, 6.07) is 10.5. The van der Waals surface area contributed by atoms with Gasteiger partial charge in [0.15, 0.2) is 0 Å². The van der Waals surface area contributed by atoms with E-state index in [9.17, 15) is 0 Å². The quantitative estimate of drug-likeness (QED) is 0.814. The molecule has 1 fully saturated rings. The van der Waals surface area contributed by atoms with Crippen molar-refractivity contribution in [3.63, 3.8) is 0 Å². The van der Waals surface area contributed by atoms with E-state index in [0.717, 1.165) is 17.7 Å². The molecule has 0 unspecified atom stereocenters. The number of hydrogen-bond donors (Lipinski definition) is 2. The van der Waals surface area contributed by atoms with Crippen molar-refractivity contribution in [3.05, 3.63) is 48.3 Å². The summed E-state index contributed by atoms with van der Waals surface area (Å²) in [5, 5.41) is 3.42. The highest BCUT2D eigenvalue weighted by molar-refractivity contribution is 7.80. The number of benzene rings is 1. The molecule has 3 rings (SSSR count). The van der Waals surface area contributed by atoms with E-state index in [0.29, 0.717) is 5.95 Å². The van der Waals surface area contributed by atoms with Gasteiger partial charge in [-0.25, -0.2) is 9.97 Å². The molecule has 3 nitrogen and oxygen atoms in total. The van der Waals surface area contributed by atoms with E-state index < -0.39 is 0 Å². The summed E-state index contributed by atoms with van der Waals surface area (Å²) in [5.41, 5.74) is 1.35. The molecule has 1 aromatic carbocycles. The van der Waals surface area contributed by atoms with Crippen LogP contribution in [0.15, 0.2) is 47.6 Å². The molecule has 0 aliphatic heterocycles. The summed E-state index contributed by atoms with van der Waals surface area (Å²) in [4.78, 5) is 9.24. The van der Waals surface area contributed by atoms with Crippen LogP contribution in [0.3, 0.4) is 0 Å². The molecule has 0 saturated heterocycles. The zero-order chi connectivity index (χ0) is 11.7. The molecule has 0 radical (unpaired) electrons. The van der Waals surface area contributed by atoms with Gasteiger partial charge in [0.1, 0.15) is 0 Å². The molecule has 86 valence electrons. The van der Waals surface area contributed by atoms with Gasteiger partial charge in [-0.2, -0.15) is 0 Å². The smallest absolute Gasteiger partial charge is 0.223 e. The van der Waals surface area contributed by atoms with Crippen molar-refractivity contribution in [1.82, 2.24) is 9.97 Å². The lowest BCUT2D eigenvalue weighted by molar-refractivity contribution is 0.788. The second-order valence-corrected chi connectivity index (χ2v) is 4.85. The van der Waals surface area contributed by atoms with E-state index in [2.05, 4.69) is 52.2 Å². The highest BCUT2D eigenvalue weighted by Crippen LogP contribution is 2.47. The Morgan fingerprint density at radius 2 is 1.71 bits per heavy atom. The molecule has 0 spiro atoms. The van der Waals surface area contributed by atoms with Gasteiger partial charge in [-0.3, -0.25) is 0 Å². The Morgan fingerprint density at radius 1 is 1.06 bits per heavy atom. The average Bonchev–Trinajstić information content (AvgIpc) is 3.15. The van der Waals surface area contributed by atoms with Crippen LogP contribution >= 0.6 is 12.6 Å². The zero-order valence-corrected chi connectivity index (χ0v) is 10.2. The van der Waals surface area contributed by atoms with Gasteiger partial charge in [0.05, 0.1) is 5.54 Å². The third-order valence-corrected chi connectivity index (χ3v) is 3.30. The summed E-state index contributed by atoms with van der Waals surface area (Å²) in [5.74, 6) is 0.671. The maximum atomic E-state index is 4.23. The molecule has 0 amide bonds. The fourth-order valence-electron chi connectivity index (χ4n) is 1.97. The van der Waals surface area contributed by atoms with Crippen molar-refractivity contribution in [3.8, 4) is 0 Å². The zero-order valence-electron chi connectivity index (χ0n) is 9.30. The Balaban J connectivity index is 1.83. The Morgan fingerprint density at radius 3 is 2.29 bits per heavy atom. The molecule has 4 heteroatoms. The van der Waals surface area contributed by atoms with Crippen LogP contribution in [0.4, 0.5) is 5.95 Å². The summed E-state index contributed by atoms with van der Waals surface area (Å²) in [7, 11) is 0. The molecule has 1 aromatic heterocycles. The van der Waals surface area contributed by atoms with Crippen molar-refractivity contribution in [2.24, 2.45) is 0 Å². The first-order chi connectivity index (χ1) is 8.28. The Labute approximate surface area is 106 Å².